The lowest BCUT2D eigenvalue weighted by Gasteiger charge is -2.33. The first-order valence-corrected chi connectivity index (χ1v) is 18.0. The number of fused-ring (bicyclic) bond motifs is 18. The third-order valence-corrected chi connectivity index (χ3v) is 12.1. The Bertz CT molecular complexity index is 2910. The van der Waals surface area contributed by atoms with Crippen LogP contribution in [0.15, 0.2) is 182 Å². The van der Waals surface area contributed by atoms with Gasteiger partial charge in [-0.2, -0.15) is 0 Å². The maximum atomic E-state index is 2.51. The first kappa shape index (κ1) is 27.4. The second kappa shape index (κ2) is 9.84. The van der Waals surface area contributed by atoms with E-state index in [9.17, 15) is 0 Å². The maximum Gasteiger partial charge on any atom is 0.0729 e. The molecular weight excluding hydrogens is 615 g/mol. The van der Waals surface area contributed by atoms with Crippen LogP contribution in [0.25, 0.3) is 60.9 Å². The fourth-order valence-electron chi connectivity index (χ4n) is 10.3. The van der Waals surface area contributed by atoms with Crippen molar-refractivity contribution in [1.29, 1.82) is 0 Å². The van der Waals surface area contributed by atoms with Gasteiger partial charge in [-0.25, -0.2) is 0 Å². The lowest BCUT2D eigenvalue weighted by Crippen LogP contribution is -2.28. The molecule has 0 saturated carbocycles. The van der Waals surface area contributed by atoms with Crippen LogP contribution in [-0.2, 0) is 5.41 Å². The number of para-hydroxylation sites is 2. The fourth-order valence-corrected chi connectivity index (χ4v) is 10.3. The molecule has 0 fully saturated rings. The molecule has 2 atom stereocenters. The molecule has 1 spiro atoms. The number of hydrogen-bond donors (Lipinski definition) is 0. The molecule has 2 unspecified atom stereocenters. The van der Waals surface area contributed by atoms with Crippen molar-refractivity contribution in [3.8, 4) is 39.1 Å². The van der Waals surface area contributed by atoms with E-state index in [1.807, 2.05) is 0 Å². The highest BCUT2D eigenvalue weighted by Gasteiger charge is 2.55. The van der Waals surface area contributed by atoms with Gasteiger partial charge in [-0.15, -0.1) is 0 Å². The van der Waals surface area contributed by atoms with Gasteiger partial charge in [0.15, 0.2) is 0 Å². The molecule has 0 radical (unpaired) electrons. The number of hydrogen-bond acceptors (Lipinski definition) is 0. The highest BCUT2D eigenvalue weighted by Crippen LogP contribution is 2.67. The largest absolute Gasteiger partial charge is 0.309 e. The third-order valence-electron chi connectivity index (χ3n) is 12.1. The van der Waals surface area contributed by atoms with Gasteiger partial charge in [0.2, 0.25) is 0 Å². The average Bonchev–Trinajstić information content (AvgIpc) is 3.90. The first-order chi connectivity index (χ1) is 25.4. The monoisotopic (exact) mass is 645 g/mol. The van der Waals surface area contributed by atoms with Gasteiger partial charge in [-0.05, 0) is 85.0 Å². The van der Waals surface area contributed by atoms with Crippen molar-refractivity contribution in [2.75, 3.05) is 0 Å². The van der Waals surface area contributed by atoms with Gasteiger partial charge in [-0.3, -0.25) is 0 Å². The number of nitrogens with zero attached hydrogens (tertiary/aromatic N) is 1. The Kier molecular flexibility index (Phi) is 5.28. The Morgan fingerprint density at radius 1 is 0.412 bits per heavy atom. The summed E-state index contributed by atoms with van der Waals surface area (Å²) in [5, 5.41) is 2.57. The summed E-state index contributed by atoms with van der Waals surface area (Å²) in [6, 6.07) is 68.3. The van der Waals surface area contributed by atoms with Crippen molar-refractivity contribution in [1.82, 2.24) is 4.57 Å². The number of rotatable bonds is 2. The van der Waals surface area contributed by atoms with Gasteiger partial charge in [0.05, 0.1) is 16.4 Å². The SMILES string of the molecule is c1ccc(C2c3ccccc3-c3ccc4c(c32)C2(c3ccccc3-4)c3ccccc3-c3c2ccc2c4ccccc4n(-c4ccccc4)c32)cc1. The molecule has 3 aliphatic rings. The highest BCUT2D eigenvalue weighted by atomic mass is 15.0. The van der Waals surface area contributed by atoms with Crippen LogP contribution in [0.1, 0.15) is 44.9 Å². The zero-order chi connectivity index (χ0) is 33.3. The topological polar surface area (TPSA) is 4.93 Å². The van der Waals surface area contributed by atoms with Gasteiger partial charge >= 0.3 is 0 Å². The van der Waals surface area contributed by atoms with Crippen molar-refractivity contribution in [2.45, 2.75) is 11.3 Å². The molecule has 1 heteroatoms. The maximum absolute atomic E-state index is 2.51. The molecule has 0 bridgehead atoms. The summed E-state index contributed by atoms with van der Waals surface area (Å²) in [6.07, 6.45) is 0. The van der Waals surface area contributed by atoms with Crippen LogP contribution >= 0.6 is 0 Å². The predicted molar refractivity (Wildman–Crippen MR) is 210 cm³/mol. The van der Waals surface area contributed by atoms with Crippen LogP contribution in [0.2, 0.25) is 0 Å². The lowest BCUT2D eigenvalue weighted by atomic mass is 9.67. The third kappa shape index (κ3) is 3.28. The minimum Gasteiger partial charge on any atom is -0.309 e. The smallest absolute Gasteiger partial charge is 0.0729 e. The van der Waals surface area contributed by atoms with E-state index in [-0.39, 0.29) is 5.92 Å². The highest BCUT2D eigenvalue weighted by molar-refractivity contribution is 6.17. The van der Waals surface area contributed by atoms with E-state index in [0.717, 1.165) is 0 Å². The molecular formula is C50H31N. The van der Waals surface area contributed by atoms with E-state index in [1.54, 1.807) is 0 Å². The summed E-state index contributed by atoms with van der Waals surface area (Å²) in [7, 11) is 0. The zero-order valence-corrected chi connectivity index (χ0v) is 27.8. The van der Waals surface area contributed by atoms with Crippen molar-refractivity contribution >= 4 is 21.8 Å². The molecule has 0 N–H and O–H groups in total. The van der Waals surface area contributed by atoms with Crippen molar-refractivity contribution in [3.05, 3.63) is 221 Å². The molecule has 0 saturated heterocycles. The van der Waals surface area contributed by atoms with E-state index in [1.165, 1.54) is 99.8 Å². The van der Waals surface area contributed by atoms with Gasteiger partial charge in [0, 0.05) is 27.9 Å². The molecule has 0 aliphatic heterocycles. The Labute approximate surface area is 296 Å². The molecule has 1 aromatic heterocycles. The second-order valence-electron chi connectivity index (χ2n) is 14.3. The van der Waals surface area contributed by atoms with E-state index in [0.29, 0.717) is 0 Å². The van der Waals surface area contributed by atoms with Gasteiger partial charge in [0.25, 0.3) is 0 Å². The van der Waals surface area contributed by atoms with Gasteiger partial charge in [0.1, 0.15) is 0 Å². The van der Waals surface area contributed by atoms with Crippen LogP contribution in [0.4, 0.5) is 0 Å². The van der Waals surface area contributed by atoms with Crippen LogP contribution in [0.3, 0.4) is 0 Å². The molecule has 0 amide bonds. The molecule has 9 aromatic rings. The van der Waals surface area contributed by atoms with Gasteiger partial charge < -0.3 is 4.57 Å². The van der Waals surface area contributed by atoms with Crippen molar-refractivity contribution in [2.24, 2.45) is 0 Å². The molecule has 12 rings (SSSR count). The summed E-state index contributed by atoms with van der Waals surface area (Å²) < 4.78 is 2.51. The molecule has 51 heavy (non-hydrogen) atoms. The average molecular weight is 646 g/mol. The first-order valence-electron chi connectivity index (χ1n) is 18.0. The Morgan fingerprint density at radius 3 is 1.86 bits per heavy atom. The Balaban J connectivity index is 1.29. The van der Waals surface area contributed by atoms with E-state index in [2.05, 4.69) is 187 Å². The van der Waals surface area contributed by atoms with Gasteiger partial charge in [-0.1, -0.05) is 164 Å². The fraction of sp³-hybridized carbons (Fsp3) is 0.0400. The minimum absolute atomic E-state index is 0.134. The van der Waals surface area contributed by atoms with Crippen LogP contribution < -0.4 is 0 Å². The zero-order valence-electron chi connectivity index (χ0n) is 27.8. The lowest BCUT2D eigenvalue weighted by molar-refractivity contribution is 0.775. The van der Waals surface area contributed by atoms with E-state index >= 15 is 0 Å². The second-order valence-corrected chi connectivity index (χ2v) is 14.3. The summed E-state index contributed by atoms with van der Waals surface area (Å²) in [5.41, 5.74) is 21.0. The molecule has 1 nitrogen and oxygen atoms in total. The Morgan fingerprint density at radius 2 is 1.04 bits per heavy atom. The standard InChI is InChI=1S/C50H31N/c1-3-15-31(16-4-1)45-36-22-8-7-19-33(36)37-27-28-38-34-20-9-12-24-41(34)50(48(38)47(37)45)42-25-13-10-23-40(42)46-43(50)30-29-39-35-21-11-14-26-44(35)51(49(39)46)32-17-5-2-6-18-32/h1-30,45H. The molecule has 1 heterocycles. The van der Waals surface area contributed by atoms with Crippen LogP contribution in [0, 0.1) is 0 Å². The number of aromatic nitrogens is 1. The normalized spacial score (nSPS) is 17.3. The minimum atomic E-state index is -0.482. The molecule has 8 aromatic carbocycles. The summed E-state index contributed by atoms with van der Waals surface area (Å²) >= 11 is 0. The summed E-state index contributed by atoms with van der Waals surface area (Å²) in [5.74, 6) is 0.134. The summed E-state index contributed by atoms with van der Waals surface area (Å²) in [6.45, 7) is 0. The summed E-state index contributed by atoms with van der Waals surface area (Å²) in [4.78, 5) is 0. The number of benzene rings is 8. The quantitative estimate of drug-likeness (QED) is 0.176. The van der Waals surface area contributed by atoms with Crippen molar-refractivity contribution in [3.63, 3.8) is 0 Å². The molecule has 3 aliphatic carbocycles. The van der Waals surface area contributed by atoms with E-state index < -0.39 is 5.41 Å². The Hall–Kier alpha value is -6.44. The van der Waals surface area contributed by atoms with Crippen molar-refractivity contribution < 1.29 is 0 Å². The van der Waals surface area contributed by atoms with Crippen LogP contribution in [-0.4, -0.2) is 4.57 Å². The van der Waals surface area contributed by atoms with E-state index in [4.69, 9.17) is 0 Å². The predicted octanol–water partition coefficient (Wildman–Crippen LogP) is 12.3. The van der Waals surface area contributed by atoms with Crippen LogP contribution in [0.5, 0.6) is 0 Å². The molecule has 236 valence electrons.